The van der Waals surface area contributed by atoms with Crippen LogP contribution in [0.4, 0.5) is 5.13 Å². The van der Waals surface area contributed by atoms with Gasteiger partial charge >= 0.3 is 0 Å². The summed E-state index contributed by atoms with van der Waals surface area (Å²) in [6.45, 7) is 9.93. The van der Waals surface area contributed by atoms with E-state index in [0.29, 0.717) is 17.2 Å². The summed E-state index contributed by atoms with van der Waals surface area (Å²) in [5.74, 6) is -0.256. The van der Waals surface area contributed by atoms with Crippen molar-refractivity contribution in [1.29, 1.82) is 0 Å². The van der Waals surface area contributed by atoms with Gasteiger partial charge in [0, 0.05) is 18.7 Å². The lowest BCUT2D eigenvalue weighted by atomic mass is 10.1. The van der Waals surface area contributed by atoms with Crippen LogP contribution in [0, 0.1) is 6.92 Å². The molecule has 0 aliphatic carbocycles. The van der Waals surface area contributed by atoms with Crippen molar-refractivity contribution in [2.45, 2.75) is 18.4 Å². The highest BCUT2D eigenvalue weighted by Crippen LogP contribution is 2.32. The van der Waals surface area contributed by atoms with Crippen LogP contribution in [0.5, 0.6) is 0 Å². The number of para-hydroxylation sites is 1. The largest absolute Gasteiger partial charge is 0.279 e. The van der Waals surface area contributed by atoms with Crippen LogP contribution in [0.15, 0.2) is 103 Å². The third kappa shape index (κ3) is 5.31. The molecule has 0 bridgehead atoms. The molecule has 0 fully saturated rings. The Bertz CT molecular complexity index is 1480. The normalized spacial score (nSPS) is 11.5. The van der Waals surface area contributed by atoms with Gasteiger partial charge < -0.3 is 0 Å². The van der Waals surface area contributed by atoms with E-state index >= 15 is 0 Å². The van der Waals surface area contributed by atoms with Crippen molar-refractivity contribution in [3.8, 4) is 0 Å². The number of carbonyl (C=O) groups is 1. The monoisotopic (exact) mass is 517 g/mol. The van der Waals surface area contributed by atoms with Gasteiger partial charge in [-0.1, -0.05) is 66.0 Å². The first-order chi connectivity index (χ1) is 17.3. The van der Waals surface area contributed by atoms with Crippen molar-refractivity contribution in [2.24, 2.45) is 0 Å². The summed E-state index contributed by atoms with van der Waals surface area (Å²) >= 11 is 1.46. The molecule has 8 heteroatoms. The molecule has 0 unspecified atom stereocenters. The summed E-state index contributed by atoms with van der Waals surface area (Å²) < 4.78 is 28.4. The Morgan fingerprint density at radius 3 is 2.22 bits per heavy atom. The zero-order chi connectivity index (χ0) is 25.7. The number of amides is 1. The topological polar surface area (TPSA) is 70.6 Å². The van der Waals surface area contributed by atoms with Gasteiger partial charge in [0.15, 0.2) is 5.13 Å². The number of anilines is 1. The molecule has 0 aliphatic rings. The molecule has 36 heavy (non-hydrogen) atoms. The van der Waals surface area contributed by atoms with Gasteiger partial charge in [0.1, 0.15) is 0 Å². The standard InChI is InChI=1S/C28H27N3O3S2/c1-4-18-30(19-5-2)36(33,34)24-16-14-23(15-17-24)27(32)31(20-22-11-7-6-8-12-22)28-29-26-21(3)10-9-13-25(26)35-28/h4-17H,1-2,18-20H2,3H3. The van der Waals surface area contributed by atoms with E-state index in [4.69, 9.17) is 4.98 Å². The van der Waals surface area contributed by atoms with Crippen molar-refractivity contribution < 1.29 is 13.2 Å². The van der Waals surface area contributed by atoms with Crippen molar-refractivity contribution in [1.82, 2.24) is 9.29 Å². The molecule has 184 valence electrons. The van der Waals surface area contributed by atoms with E-state index in [-0.39, 0.29) is 23.9 Å². The lowest BCUT2D eigenvalue weighted by Gasteiger charge is -2.21. The Balaban J connectivity index is 1.69. The number of thiazole rings is 1. The van der Waals surface area contributed by atoms with Crippen molar-refractivity contribution in [3.63, 3.8) is 0 Å². The fourth-order valence-corrected chi connectivity index (χ4v) is 6.24. The maximum absolute atomic E-state index is 13.7. The molecule has 0 atom stereocenters. The van der Waals surface area contributed by atoms with Gasteiger partial charge in [-0.25, -0.2) is 13.4 Å². The zero-order valence-corrected chi connectivity index (χ0v) is 21.6. The Kier molecular flexibility index (Phi) is 7.79. The van der Waals surface area contributed by atoms with Gasteiger partial charge in [-0.05, 0) is 48.4 Å². The van der Waals surface area contributed by atoms with Gasteiger partial charge in [-0.3, -0.25) is 9.69 Å². The average Bonchev–Trinajstić information content (AvgIpc) is 3.33. The molecule has 0 aliphatic heterocycles. The van der Waals surface area contributed by atoms with E-state index < -0.39 is 10.0 Å². The second-order valence-corrected chi connectivity index (χ2v) is 11.2. The summed E-state index contributed by atoms with van der Waals surface area (Å²) in [6, 6.07) is 21.7. The van der Waals surface area contributed by atoms with E-state index in [1.54, 1.807) is 17.0 Å². The third-order valence-corrected chi connectivity index (χ3v) is 8.56. The van der Waals surface area contributed by atoms with Gasteiger partial charge in [0.25, 0.3) is 5.91 Å². The highest BCUT2D eigenvalue weighted by molar-refractivity contribution is 7.89. The van der Waals surface area contributed by atoms with Crippen LogP contribution in [0.2, 0.25) is 0 Å². The maximum Gasteiger partial charge on any atom is 0.260 e. The molecular weight excluding hydrogens is 490 g/mol. The summed E-state index contributed by atoms with van der Waals surface area (Å²) in [5, 5.41) is 0.591. The predicted molar refractivity (Wildman–Crippen MR) is 147 cm³/mol. The second kappa shape index (κ2) is 11.0. The number of rotatable bonds is 10. The van der Waals surface area contributed by atoms with E-state index in [2.05, 4.69) is 13.2 Å². The first-order valence-corrected chi connectivity index (χ1v) is 13.6. The van der Waals surface area contributed by atoms with Crippen LogP contribution in [0.25, 0.3) is 10.2 Å². The molecule has 1 amide bonds. The minimum absolute atomic E-state index is 0.105. The molecule has 4 rings (SSSR count). The van der Waals surface area contributed by atoms with Gasteiger partial charge in [-0.2, -0.15) is 4.31 Å². The predicted octanol–water partition coefficient (Wildman–Crippen LogP) is 5.81. The number of carbonyl (C=O) groups excluding carboxylic acids is 1. The molecular formula is C28H27N3O3S2. The van der Waals surface area contributed by atoms with Crippen molar-refractivity contribution in [2.75, 3.05) is 18.0 Å². The lowest BCUT2D eigenvalue weighted by Crippen LogP contribution is -2.32. The molecule has 6 nitrogen and oxygen atoms in total. The summed E-state index contributed by atoms with van der Waals surface area (Å²) in [6.07, 6.45) is 3.06. The Morgan fingerprint density at radius 1 is 0.944 bits per heavy atom. The summed E-state index contributed by atoms with van der Waals surface area (Å²) in [5.41, 5.74) is 3.25. The number of aryl methyl sites for hydroxylation is 1. The zero-order valence-electron chi connectivity index (χ0n) is 20.0. The molecule has 0 saturated heterocycles. The summed E-state index contributed by atoms with van der Waals surface area (Å²) in [7, 11) is -3.76. The van der Waals surface area contributed by atoms with Gasteiger partial charge in [0.05, 0.1) is 21.7 Å². The fraction of sp³-hybridized carbons (Fsp3) is 0.143. The fourth-order valence-electron chi connectivity index (χ4n) is 3.82. The quantitative estimate of drug-likeness (QED) is 0.249. The van der Waals surface area contributed by atoms with Gasteiger partial charge in [0.2, 0.25) is 10.0 Å². The van der Waals surface area contributed by atoms with Crippen LogP contribution in [0.1, 0.15) is 21.5 Å². The van der Waals surface area contributed by atoms with Crippen LogP contribution >= 0.6 is 11.3 Å². The molecule has 0 spiro atoms. The molecule has 1 aromatic heterocycles. The third-order valence-electron chi connectivity index (χ3n) is 5.67. The second-order valence-electron chi connectivity index (χ2n) is 8.22. The number of aromatic nitrogens is 1. The number of hydrogen-bond donors (Lipinski definition) is 0. The Hall–Kier alpha value is -3.59. The molecule has 1 heterocycles. The van der Waals surface area contributed by atoms with Crippen molar-refractivity contribution in [3.05, 3.63) is 115 Å². The van der Waals surface area contributed by atoms with E-state index in [1.165, 1.54) is 39.9 Å². The van der Waals surface area contributed by atoms with E-state index in [0.717, 1.165) is 21.3 Å². The Morgan fingerprint density at radius 2 is 1.61 bits per heavy atom. The highest BCUT2D eigenvalue weighted by Gasteiger charge is 2.25. The number of fused-ring (bicyclic) bond motifs is 1. The minimum atomic E-state index is -3.76. The number of sulfonamides is 1. The van der Waals surface area contributed by atoms with Gasteiger partial charge in [-0.15, -0.1) is 13.2 Å². The van der Waals surface area contributed by atoms with E-state index in [1.807, 2.05) is 55.5 Å². The minimum Gasteiger partial charge on any atom is -0.279 e. The van der Waals surface area contributed by atoms with Crippen molar-refractivity contribution >= 4 is 42.6 Å². The first-order valence-electron chi connectivity index (χ1n) is 11.4. The lowest BCUT2D eigenvalue weighted by molar-refractivity contribution is 0.0985. The smallest absolute Gasteiger partial charge is 0.260 e. The highest BCUT2D eigenvalue weighted by atomic mass is 32.2. The molecule has 0 radical (unpaired) electrons. The maximum atomic E-state index is 13.7. The molecule has 0 N–H and O–H groups in total. The van der Waals surface area contributed by atoms with Crippen LogP contribution in [0.3, 0.4) is 0 Å². The molecule has 0 saturated carbocycles. The first kappa shape index (κ1) is 25.5. The van der Waals surface area contributed by atoms with Crippen LogP contribution in [-0.2, 0) is 16.6 Å². The SMILES string of the molecule is C=CCN(CC=C)S(=O)(=O)c1ccc(C(=O)N(Cc2ccccc2)c2nc3c(C)cccc3s2)cc1. The summed E-state index contributed by atoms with van der Waals surface area (Å²) in [4.78, 5) is 20.2. The Labute approximate surface area is 215 Å². The van der Waals surface area contributed by atoms with Crippen LogP contribution < -0.4 is 4.90 Å². The number of benzene rings is 3. The molecule has 4 aromatic rings. The number of nitrogens with zero attached hydrogens (tertiary/aromatic N) is 3. The van der Waals surface area contributed by atoms with E-state index in [9.17, 15) is 13.2 Å². The molecule has 3 aromatic carbocycles. The number of hydrogen-bond acceptors (Lipinski definition) is 5. The van der Waals surface area contributed by atoms with Crippen LogP contribution in [-0.4, -0.2) is 36.7 Å². The average molecular weight is 518 g/mol.